The number of urea groups is 1. The number of likely N-dealkylation sites (tertiary alicyclic amines) is 1. The van der Waals surface area contributed by atoms with E-state index in [-0.39, 0.29) is 30.5 Å². The lowest BCUT2D eigenvalue weighted by atomic mass is 9.87. The molecule has 2 aliphatic carbocycles. The summed E-state index contributed by atoms with van der Waals surface area (Å²) in [6, 6.07) is 12.0. The summed E-state index contributed by atoms with van der Waals surface area (Å²) >= 11 is 0. The Kier molecular flexibility index (Phi) is 8.18. The molecule has 2 atom stereocenters. The van der Waals surface area contributed by atoms with Gasteiger partial charge in [0.15, 0.2) is 0 Å². The minimum Gasteiger partial charge on any atom is -0.353 e. The topological polar surface area (TPSA) is 121 Å². The van der Waals surface area contributed by atoms with Crippen LogP contribution in [0.3, 0.4) is 0 Å². The number of rotatable bonds is 7. The summed E-state index contributed by atoms with van der Waals surface area (Å²) < 4.78 is 43.9. The summed E-state index contributed by atoms with van der Waals surface area (Å²) in [6.07, 6.45) is 2.85. The summed E-state index contributed by atoms with van der Waals surface area (Å²) in [7, 11) is 0. The highest BCUT2D eigenvalue weighted by Crippen LogP contribution is 2.70. The van der Waals surface area contributed by atoms with E-state index in [1.165, 1.54) is 11.0 Å². The van der Waals surface area contributed by atoms with E-state index in [9.17, 15) is 27.6 Å². The SMILES string of the molecule is C[C@@]12Cc3[nH]nc(-c4cc5ccc(C(=O)N6CCN(CC7CCN(Cc8ccc(N9CCC(=O)NC9=O)c(F)c8)CC7)CC6)cc5[nH]4)c3C[C@@H]1C2(F)F. The molecule has 0 radical (unpaired) electrons. The van der Waals surface area contributed by atoms with Gasteiger partial charge in [0.2, 0.25) is 5.91 Å². The molecule has 2 aromatic carbocycles. The van der Waals surface area contributed by atoms with E-state index in [2.05, 4.69) is 30.3 Å². The number of piperidine rings is 1. The monoisotopic (exact) mass is 728 g/mol. The fraction of sp³-hybridized carbons (Fsp3) is 0.487. The van der Waals surface area contributed by atoms with Gasteiger partial charge in [0.25, 0.3) is 11.8 Å². The fourth-order valence-electron chi connectivity index (χ4n) is 9.15. The van der Waals surface area contributed by atoms with Crippen molar-refractivity contribution in [2.45, 2.75) is 51.5 Å². The second-order valence-electron chi connectivity index (χ2n) is 15.8. The van der Waals surface area contributed by atoms with Gasteiger partial charge < -0.3 is 9.88 Å². The van der Waals surface area contributed by atoms with E-state index in [4.69, 9.17) is 0 Å². The minimum atomic E-state index is -2.65. The molecule has 4 aromatic rings. The number of H-pyrrole nitrogens is 2. The number of hydrogen-bond donors (Lipinski definition) is 3. The van der Waals surface area contributed by atoms with Crippen molar-refractivity contribution in [3.8, 4) is 11.4 Å². The molecule has 2 aromatic heterocycles. The summed E-state index contributed by atoms with van der Waals surface area (Å²) in [5, 5.41) is 10.7. The third-order valence-corrected chi connectivity index (χ3v) is 12.6. The van der Waals surface area contributed by atoms with Gasteiger partial charge >= 0.3 is 6.03 Å². The highest BCUT2D eigenvalue weighted by atomic mass is 19.3. The van der Waals surface area contributed by atoms with E-state index in [1.54, 1.807) is 13.0 Å². The second-order valence-corrected chi connectivity index (χ2v) is 15.8. The molecule has 5 heterocycles. The summed E-state index contributed by atoms with van der Waals surface area (Å²) in [5.74, 6) is -3.55. The summed E-state index contributed by atoms with van der Waals surface area (Å²) in [6.45, 7) is 8.25. The number of anilines is 1. The maximum Gasteiger partial charge on any atom is 0.328 e. The molecular formula is C39H43F3N8O3. The molecule has 53 heavy (non-hydrogen) atoms. The number of hydrogen-bond acceptors (Lipinski definition) is 6. The molecule has 4 fully saturated rings. The first kappa shape index (κ1) is 34.1. The van der Waals surface area contributed by atoms with Gasteiger partial charge in [-0.25, -0.2) is 18.0 Å². The molecule has 3 aliphatic heterocycles. The van der Waals surface area contributed by atoms with Crippen molar-refractivity contribution in [1.29, 1.82) is 0 Å². The van der Waals surface area contributed by atoms with Gasteiger partial charge in [-0.1, -0.05) is 19.1 Å². The number of aromatic amines is 2. The number of carbonyl (C=O) groups is 3. The van der Waals surface area contributed by atoms with Crippen LogP contribution >= 0.6 is 0 Å². The second kappa shape index (κ2) is 12.7. The van der Waals surface area contributed by atoms with Crippen LogP contribution in [0.1, 0.15) is 53.4 Å². The lowest BCUT2D eigenvalue weighted by Gasteiger charge is -2.39. The van der Waals surface area contributed by atoms with Crippen molar-refractivity contribution in [2.24, 2.45) is 17.3 Å². The Morgan fingerprint density at radius 3 is 2.51 bits per heavy atom. The first-order valence-electron chi connectivity index (χ1n) is 18.7. The van der Waals surface area contributed by atoms with E-state index >= 15 is 0 Å². The first-order chi connectivity index (χ1) is 25.5. The number of fused-ring (bicyclic) bond motifs is 3. The van der Waals surface area contributed by atoms with Crippen LogP contribution in [0.25, 0.3) is 22.3 Å². The van der Waals surface area contributed by atoms with Crippen molar-refractivity contribution in [1.82, 2.24) is 35.2 Å². The third-order valence-electron chi connectivity index (χ3n) is 12.6. The number of halogens is 3. The number of aromatic nitrogens is 3. The highest BCUT2D eigenvalue weighted by Gasteiger charge is 2.78. The zero-order chi connectivity index (χ0) is 36.6. The number of amides is 4. The molecule has 278 valence electrons. The molecule has 0 spiro atoms. The Morgan fingerprint density at radius 1 is 0.962 bits per heavy atom. The van der Waals surface area contributed by atoms with Crippen LogP contribution in [0.4, 0.5) is 23.7 Å². The zero-order valence-electron chi connectivity index (χ0n) is 29.7. The summed E-state index contributed by atoms with van der Waals surface area (Å²) in [5.41, 5.74) is 4.59. The van der Waals surface area contributed by atoms with Gasteiger partial charge in [-0.15, -0.1) is 0 Å². The molecule has 1 saturated carbocycles. The number of nitrogens with one attached hydrogen (secondary N) is 3. The van der Waals surface area contributed by atoms with Crippen LogP contribution in [0.2, 0.25) is 0 Å². The number of benzene rings is 2. The van der Waals surface area contributed by atoms with Crippen LogP contribution in [0.5, 0.6) is 0 Å². The minimum absolute atomic E-state index is 0.00201. The van der Waals surface area contributed by atoms with Gasteiger partial charge in [-0.05, 0) is 74.2 Å². The Hall–Kier alpha value is -4.69. The molecule has 0 unspecified atom stereocenters. The predicted octanol–water partition coefficient (Wildman–Crippen LogP) is 5.18. The van der Waals surface area contributed by atoms with Crippen molar-refractivity contribution in [3.05, 3.63) is 70.7 Å². The normalized spacial score (nSPS) is 25.0. The van der Waals surface area contributed by atoms with Crippen LogP contribution < -0.4 is 10.2 Å². The standard InChI is InChI=1S/C39H43F3N8O3/c1-38-20-31-27(19-33(38)39(38,41)42)35(46-45-31)30-17-25-3-4-26(18-29(25)43-30)36(52)49-14-12-48(13-15-49)21-23-6-9-47(10-7-23)22-24-2-5-32(28(40)16-24)50-11-8-34(51)44-37(50)53/h2-5,16-18,23,33,43H,6-15,19-22H2,1H3,(H,45,46)(H,44,51,53)/t33-,38+/m0/s1. The Balaban J connectivity index is 0.752. The molecule has 5 aliphatic rings. The maximum absolute atomic E-state index is 15.0. The van der Waals surface area contributed by atoms with Gasteiger partial charge in [0, 0.05) is 97.7 Å². The lowest BCUT2D eigenvalue weighted by molar-refractivity contribution is -0.120. The lowest BCUT2D eigenvalue weighted by Crippen LogP contribution is -2.50. The quantitative estimate of drug-likeness (QED) is 0.241. The predicted molar refractivity (Wildman–Crippen MR) is 192 cm³/mol. The Morgan fingerprint density at radius 2 is 1.75 bits per heavy atom. The molecule has 4 amide bonds. The van der Waals surface area contributed by atoms with E-state index in [0.717, 1.165) is 79.0 Å². The molecule has 11 nitrogen and oxygen atoms in total. The molecule has 9 rings (SSSR count). The molecule has 14 heteroatoms. The number of imide groups is 1. The van der Waals surface area contributed by atoms with Crippen LogP contribution in [0.15, 0.2) is 42.5 Å². The number of alkyl halides is 2. The highest BCUT2D eigenvalue weighted by molar-refractivity contribution is 6.05. The van der Waals surface area contributed by atoms with Crippen molar-refractivity contribution in [3.63, 3.8) is 0 Å². The number of nitrogens with zero attached hydrogens (tertiary/aromatic N) is 5. The Bertz CT molecular complexity index is 2120. The molecule has 3 saturated heterocycles. The molecular weight excluding hydrogens is 685 g/mol. The maximum atomic E-state index is 15.0. The van der Waals surface area contributed by atoms with Crippen molar-refractivity contribution in [2.75, 3.05) is 57.3 Å². The van der Waals surface area contributed by atoms with E-state index < -0.39 is 29.1 Å². The van der Waals surface area contributed by atoms with Crippen molar-refractivity contribution >= 4 is 34.4 Å². The van der Waals surface area contributed by atoms with Crippen LogP contribution in [-0.4, -0.2) is 106 Å². The average Bonchev–Trinajstić information content (AvgIpc) is 3.52. The van der Waals surface area contributed by atoms with E-state index in [0.29, 0.717) is 49.7 Å². The largest absolute Gasteiger partial charge is 0.353 e. The molecule has 0 bridgehead atoms. The van der Waals surface area contributed by atoms with Gasteiger partial charge in [-0.3, -0.25) is 34.7 Å². The van der Waals surface area contributed by atoms with Gasteiger partial charge in [0.05, 0.1) is 11.4 Å². The average molecular weight is 729 g/mol. The third kappa shape index (κ3) is 5.99. The first-order valence-corrected chi connectivity index (χ1v) is 18.7. The van der Waals surface area contributed by atoms with Gasteiger partial charge in [0.1, 0.15) is 11.5 Å². The Labute approximate surface area is 304 Å². The number of piperazine rings is 1. The summed E-state index contributed by atoms with van der Waals surface area (Å²) in [4.78, 5) is 48.6. The van der Waals surface area contributed by atoms with Crippen molar-refractivity contribution < 1.29 is 27.6 Å². The van der Waals surface area contributed by atoms with Gasteiger partial charge in [-0.2, -0.15) is 5.10 Å². The zero-order valence-corrected chi connectivity index (χ0v) is 29.7. The van der Waals surface area contributed by atoms with Crippen LogP contribution in [0, 0.1) is 23.1 Å². The number of carbonyl (C=O) groups excluding carboxylic acids is 3. The fourth-order valence-corrected chi connectivity index (χ4v) is 9.15. The molecule has 3 N–H and O–H groups in total. The van der Waals surface area contributed by atoms with Crippen LogP contribution in [-0.2, 0) is 24.2 Å². The van der Waals surface area contributed by atoms with E-state index in [1.807, 2.05) is 35.2 Å². The smallest absolute Gasteiger partial charge is 0.328 e.